The first kappa shape index (κ1) is 91.5. The number of allylic oxidation sites excluding steroid dienone is 4. The second-order valence-corrected chi connectivity index (χ2v) is 29.3. The number of phosphoric ester groups is 2. The number of carbonyl (C=O) groups is 4. The second kappa shape index (κ2) is 69.0. The highest BCUT2D eigenvalue weighted by Gasteiger charge is 2.30. The van der Waals surface area contributed by atoms with Gasteiger partial charge < -0.3 is 33.8 Å². The van der Waals surface area contributed by atoms with Crippen molar-refractivity contribution in [2.24, 2.45) is 0 Å². The zero-order valence-corrected chi connectivity index (χ0v) is 62.2. The predicted molar refractivity (Wildman–Crippen MR) is 381 cm³/mol. The lowest BCUT2D eigenvalue weighted by Crippen LogP contribution is -2.30. The number of ether oxygens (including phenoxy) is 4. The molecule has 554 valence electrons. The Morgan fingerprint density at radius 1 is 0.298 bits per heavy atom. The number of phosphoric acid groups is 2. The van der Waals surface area contributed by atoms with Crippen molar-refractivity contribution in [2.75, 3.05) is 39.6 Å². The summed E-state index contributed by atoms with van der Waals surface area (Å²) < 4.78 is 68.5. The van der Waals surface area contributed by atoms with Crippen LogP contribution >= 0.6 is 15.6 Å². The van der Waals surface area contributed by atoms with Crippen molar-refractivity contribution >= 4 is 39.5 Å². The molecule has 0 aliphatic rings. The average molecular weight is 1380 g/mol. The molecular formula is C75H142O17P2. The van der Waals surface area contributed by atoms with Crippen LogP contribution in [-0.4, -0.2) is 96.7 Å². The smallest absolute Gasteiger partial charge is 0.462 e. The summed E-state index contributed by atoms with van der Waals surface area (Å²) in [5.41, 5.74) is 0. The van der Waals surface area contributed by atoms with Gasteiger partial charge in [-0.25, -0.2) is 9.13 Å². The first-order chi connectivity index (χ1) is 45.7. The van der Waals surface area contributed by atoms with Gasteiger partial charge in [-0.3, -0.25) is 37.3 Å². The molecule has 19 heteroatoms. The number of hydrogen-bond donors (Lipinski definition) is 3. The Balaban J connectivity index is 5.29. The van der Waals surface area contributed by atoms with Crippen LogP contribution in [0.2, 0.25) is 0 Å². The Morgan fingerprint density at radius 3 is 0.777 bits per heavy atom. The Morgan fingerprint density at radius 2 is 0.511 bits per heavy atom. The molecule has 0 aromatic carbocycles. The highest BCUT2D eigenvalue weighted by atomic mass is 31.2. The lowest BCUT2D eigenvalue weighted by molar-refractivity contribution is -0.161. The summed E-state index contributed by atoms with van der Waals surface area (Å²) in [6, 6.07) is 0. The van der Waals surface area contributed by atoms with E-state index in [0.29, 0.717) is 25.7 Å². The molecular weight excluding hydrogens is 1230 g/mol. The molecule has 0 radical (unpaired) electrons. The number of aliphatic hydroxyl groups excluding tert-OH is 1. The van der Waals surface area contributed by atoms with E-state index in [-0.39, 0.29) is 25.7 Å². The summed E-state index contributed by atoms with van der Waals surface area (Å²) in [5.74, 6) is -2.14. The number of unbranched alkanes of at least 4 members (excludes halogenated alkanes) is 45. The minimum atomic E-state index is -4.96. The van der Waals surface area contributed by atoms with Crippen molar-refractivity contribution in [2.45, 2.75) is 393 Å². The van der Waals surface area contributed by atoms with E-state index in [4.69, 9.17) is 37.0 Å². The third kappa shape index (κ3) is 68.1. The molecule has 0 amide bonds. The lowest BCUT2D eigenvalue weighted by Gasteiger charge is -2.21. The van der Waals surface area contributed by atoms with E-state index in [1.807, 2.05) is 0 Å². The van der Waals surface area contributed by atoms with Gasteiger partial charge in [-0.15, -0.1) is 0 Å². The highest BCUT2D eigenvalue weighted by Crippen LogP contribution is 2.45. The Bertz CT molecular complexity index is 1880. The fraction of sp³-hybridized carbons (Fsp3) is 0.893. The van der Waals surface area contributed by atoms with Crippen LogP contribution in [0.15, 0.2) is 24.3 Å². The number of carbonyl (C=O) groups excluding carboxylic acids is 4. The van der Waals surface area contributed by atoms with Crippen molar-refractivity contribution in [3.63, 3.8) is 0 Å². The SMILES string of the molecule is CCCCCC/C=C\C=C/CCCCCCCC(=O)O[C@H](COC(=O)CCCCCCCCCCCCCCCC)COP(=O)(O)OC[C@@H](O)COP(=O)(O)OC[C@@H](COC(=O)CCCCCCCCCCCCCC)OC(=O)CCCCCCCCCCCCCCC. The molecule has 94 heavy (non-hydrogen) atoms. The maximum absolute atomic E-state index is 13.1. The van der Waals surface area contributed by atoms with Gasteiger partial charge in [0.25, 0.3) is 0 Å². The van der Waals surface area contributed by atoms with Crippen LogP contribution in [-0.2, 0) is 65.4 Å². The molecule has 0 bridgehead atoms. The lowest BCUT2D eigenvalue weighted by atomic mass is 10.0. The number of hydrogen-bond acceptors (Lipinski definition) is 15. The normalized spacial score (nSPS) is 14.1. The second-order valence-electron chi connectivity index (χ2n) is 26.4. The number of esters is 4. The Labute approximate surface area is 573 Å². The summed E-state index contributed by atoms with van der Waals surface area (Å²) in [6.45, 7) is 4.92. The van der Waals surface area contributed by atoms with Crippen molar-refractivity contribution in [3.8, 4) is 0 Å². The van der Waals surface area contributed by atoms with E-state index in [1.54, 1.807) is 0 Å². The topological polar surface area (TPSA) is 237 Å². The first-order valence-corrected chi connectivity index (χ1v) is 41.6. The van der Waals surface area contributed by atoms with Crippen LogP contribution in [0.25, 0.3) is 0 Å². The standard InChI is InChI=1S/C75H142O17P2/c1-5-9-13-17-21-25-29-33-35-38-42-46-50-54-58-62-75(80)92-71(66-86-73(78)60-56-52-48-44-40-37-34-30-26-22-18-14-10-6-2)68-90-94(83,84)88-64-69(76)63-87-93(81,82)89-67-70(65-85-72(77)59-55-51-47-43-39-32-28-24-20-16-12-8-4)91-74(79)61-57-53-49-45-41-36-31-27-23-19-15-11-7-3/h25,29,33,35,69-71,76H,5-24,26-28,30-32,34,36-68H2,1-4H3,(H,81,82)(H,83,84)/b29-25-,35-33-/t69-,70+,71+/m0/s1. The third-order valence-corrected chi connectivity index (χ3v) is 18.9. The maximum atomic E-state index is 13.1. The molecule has 0 saturated heterocycles. The summed E-state index contributed by atoms with van der Waals surface area (Å²) in [5, 5.41) is 10.6. The molecule has 0 saturated carbocycles. The maximum Gasteiger partial charge on any atom is 0.472 e. The molecule has 0 aliphatic heterocycles. The molecule has 0 aromatic heterocycles. The van der Waals surface area contributed by atoms with Gasteiger partial charge in [0.1, 0.15) is 19.3 Å². The zero-order chi connectivity index (χ0) is 69.0. The minimum absolute atomic E-state index is 0.0860. The molecule has 3 N–H and O–H groups in total. The quantitative estimate of drug-likeness (QED) is 0.0169. The van der Waals surface area contributed by atoms with E-state index >= 15 is 0 Å². The molecule has 17 nitrogen and oxygen atoms in total. The monoisotopic (exact) mass is 1380 g/mol. The molecule has 0 heterocycles. The van der Waals surface area contributed by atoms with Gasteiger partial charge in [-0.05, 0) is 51.4 Å². The van der Waals surface area contributed by atoms with E-state index in [2.05, 4.69) is 52.0 Å². The summed E-state index contributed by atoms with van der Waals surface area (Å²) in [4.78, 5) is 72.8. The van der Waals surface area contributed by atoms with Gasteiger partial charge >= 0.3 is 39.5 Å². The fourth-order valence-corrected chi connectivity index (χ4v) is 12.6. The van der Waals surface area contributed by atoms with Crippen molar-refractivity contribution in [1.82, 2.24) is 0 Å². The molecule has 5 atom stereocenters. The predicted octanol–water partition coefficient (Wildman–Crippen LogP) is 21.8. The Hall–Kier alpha value is -2.46. The van der Waals surface area contributed by atoms with Crippen molar-refractivity contribution < 1.29 is 80.2 Å². The van der Waals surface area contributed by atoms with Gasteiger partial charge in [0.05, 0.1) is 26.4 Å². The van der Waals surface area contributed by atoms with Gasteiger partial charge in [0.2, 0.25) is 0 Å². The van der Waals surface area contributed by atoms with Crippen LogP contribution in [0.1, 0.15) is 374 Å². The van der Waals surface area contributed by atoms with Crippen LogP contribution in [0.3, 0.4) is 0 Å². The van der Waals surface area contributed by atoms with Crippen LogP contribution in [0.4, 0.5) is 0 Å². The molecule has 0 spiro atoms. The summed E-state index contributed by atoms with van der Waals surface area (Å²) in [7, 11) is -9.92. The van der Waals surface area contributed by atoms with E-state index < -0.39 is 97.5 Å². The third-order valence-electron chi connectivity index (χ3n) is 17.0. The van der Waals surface area contributed by atoms with E-state index in [1.165, 1.54) is 193 Å². The van der Waals surface area contributed by atoms with Gasteiger partial charge in [-0.1, -0.05) is 322 Å². The van der Waals surface area contributed by atoms with Crippen molar-refractivity contribution in [3.05, 3.63) is 24.3 Å². The van der Waals surface area contributed by atoms with E-state index in [9.17, 15) is 43.2 Å². The molecule has 2 unspecified atom stereocenters. The van der Waals surface area contributed by atoms with Gasteiger partial charge in [-0.2, -0.15) is 0 Å². The number of rotatable bonds is 74. The molecule has 0 aromatic rings. The van der Waals surface area contributed by atoms with Crippen LogP contribution in [0.5, 0.6) is 0 Å². The van der Waals surface area contributed by atoms with Crippen molar-refractivity contribution in [1.29, 1.82) is 0 Å². The Kier molecular flexibility index (Phi) is 67.2. The largest absolute Gasteiger partial charge is 0.472 e. The minimum Gasteiger partial charge on any atom is -0.462 e. The fourth-order valence-electron chi connectivity index (χ4n) is 11.0. The molecule has 0 fully saturated rings. The van der Waals surface area contributed by atoms with Crippen LogP contribution in [0, 0.1) is 0 Å². The summed E-state index contributed by atoms with van der Waals surface area (Å²) in [6.07, 6.45) is 61.6. The van der Waals surface area contributed by atoms with E-state index in [0.717, 1.165) is 103 Å². The highest BCUT2D eigenvalue weighted by molar-refractivity contribution is 7.47. The zero-order valence-electron chi connectivity index (χ0n) is 60.4. The van der Waals surface area contributed by atoms with Gasteiger partial charge in [0.15, 0.2) is 12.2 Å². The molecule has 0 rings (SSSR count). The van der Waals surface area contributed by atoms with Crippen LogP contribution < -0.4 is 0 Å². The average Bonchev–Trinajstić information content (AvgIpc) is 1.75. The van der Waals surface area contributed by atoms with Gasteiger partial charge in [0, 0.05) is 25.7 Å². The number of aliphatic hydroxyl groups is 1. The first-order valence-electron chi connectivity index (χ1n) is 38.6. The molecule has 0 aliphatic carbocycles. The summed E-state index contributed by atoms with van der Waals surface area (Å²) >= 11 is 0.